The molecule has 0 aromatic carbocycles. The number of rotatable bonds is 4. The summed E-state index contributed by atoms with van der Waals surface area (Å²) in [4.78, 5) is 23.6. The summed E-state index contributed by atoms with van der Waals surface area (Å²) >= 11 is 1.63. The van der Waals surface area contributed by atoms with Gasteiger partial charge in [0.25, 0.3) is 5.91 Å². The van der Waals surface area contributed by atoms with Gasteiger partial charge in [-0.05, 0) is 23.8 Å². The van der Waals surface area contributed by atoms with Gasteiger partial charge in [0.05, 0.1) is 14.2 Å². The number of quaternary nitrogens is 1. The Hall–Kier alpha value is -1.40. The summed E-state index contributed by atoms with van der Waals surface area (Å²) in [5.74, 6) is -0.329. The van der Waals surface area contributed by atoms with Crippen molar-refractivity contribution in [1.29, 1.82) is 0 Å². The van der Waals surface area contributed by atoms with Crippen molar-refractivity contribution >= 4 is 23.3 Å². The third-order valence-electron chi connectivity index (χ3n) is 2.61. The van der Waals surface area contributed by atoms with Crippen molar-refractivity contribution in [1.82, 2.24) is 5.32 Å². The average Bonchev–Trinajstić information content (AvgIpc) is 2.80. The highest BCUT2D eigenvalue weighted by Gasteiger charge is 2.23. The molecular formula is C11H17N2O3S+. The van der Waals surface area contributed by atoms with Gasteiger partial charge < -0.3 is 9.64 Å². The minimum absolute atomic E-state index is 0.311. The fraction of sp³-hybridized carbons (Fsp3) is 0.455. The van der Waals surface area contributed by atoms with Crippen molar-refractivity contribution in [3.8, 4) is 0 Å². The molecule has 2 amide bonds. The normalized spacial score (nSPS) is 13.8. The SMILES string of the molecule is COC(=O)NC(=O)[C@H](C)[NH+](C)Cc1ccsc1. The predicted molar refractivity (Wildman–Crippen MR) is 64.9 cm³/mol. The Kier molecular flexibility index (Phi) is 5.11. The zero-order chi connectivity index (χ0) is 12.8. The molecule has 0 spiro atoms. The minimum atomic E-state index is -0.717. The van der Waals surface area contributed by atoms with Crippen LogP contribution in [0, 0.1) is 0 Å². The van der Waals surface area contributed by atoms with Crippen molar-refractivity contribution in [2.24, 2.45) is 0 Å². The summed E-state index contributed by atoms with van der Waals surface area (Å²) in [6, 6.07) is 1.72. The molecule has 0 saturated heterocycles. The number of imide groups is 1. The number of hydrogen-bond donors (Lipinski definition) is 2. The molecule has 0 bridgehead atoms. The van der Waals surface area contributed by atoms with Gasteiger partial charge >= 0.3 is 6.09 Å². The molecule has 5 nitrogen and oxygen atoms in total. The Morgan fingerprint density at radius 1 is 1.59 bits per heavy atom. The number of methoxy groups -OCH3 is 1. The van der Waals surface area contributed by atoms with Gasteiger partial charge in [0.2, 0.25) is 0 Å². The van der Waals surface area contributed by atoms with Gasteiger partial charge in [0, 0.05) is 5.56 Å². The number of amides is 2. The topological polar surface area (TPSA) is 59.8 Å². The lowest BCUT2D eigenvalue weighted by Crippen LogP contribution is -3.12. The highest BCUT2D eigenvalue weighted by molar-refractivity contribution is 7.07. The Bertz CT molecular complexity index is 378. The molecule has 2 N–H and O–H groups in total. The zero-order valence-electron chi connectivity index (χ0n) is 10.1. The lowest BCUT2D eigenvalue weighted by molar-refractivity contribution is -0.908. The predicted octanol–water partition coefficient (Wildman–Crippen LogP) is 0.0339. The zero-order valence-corrected chi connectivity index (χ0v) is 11.0. The van der Waals surface area contributed by atoms with Gasteiger partial charge in [0.15, 0.2) is 6.04 Å². The number of alkyl carbamates (subject to hydrolysis) is 1. The number of ether oxygens (including phenoxy) is 1. The quantitative estimate of drug-likeness (QED) is 0.800. The summed E-state index contributed by atoms with van der Waals surface area (Å²) in [5, 5.41) is 6.22. The van der Waals surface area contributed by atoms with E-state index in [1.54, 1.807) is 18.3 Å². The smallest absolute Gasteiger partial charge is 0.413 e. The number of carbonyl (C=O) groups is 2. The van der Waals surface area contributed by atoms with Crippen molar-refractivity contribution in [3.05, 3.63) is 22.4 Å². The molecule has 1 unspecified atom stereocenters. The number of likely N-dealkylation sites (N-methyl/N-ethyl adjacent to an activating group) is 1. The van der Waals surface area contributed by atoms with Crippen LogP contribution in [-0.2, 0) is 16.1 Å². The summed E-state index contributed by atoms with van der Waals surface area (Å²) in [6.45, 7) is 2.53. The van der Waals surface area contributed by atoms with Crippen molar-refractivity contribution < 1.29 is 19.2 Å². The fourth-order valence-electron chi connectivity index (χ4n) is 1.35. The van der Waals surface area contributed by atoms with E-state index >= 15 is 0 Å². The molecule has 1 heterocycles. The second kappa shape index (κ2) is 6.36. The largest absolute Gasteiger partial charge is 0.453 e. The van der Waals surface area contributed by atoms with Crippen LogP contribution in [0.25, 0.3) is 0 Å². The second-order valence-electron chi connectivity index (χ2n) is 3.86. The van der Waals surface area contributed by atoms with E-state index in [0.29, 0.717) is 0 Å². The molecule has 0 radical (unpaired) electrons. The molecule has 0 aliphatic carbocycles. The van der Waals surface area contributed by atoms with Crippen LogP contribution in [-0.4, -0.2) is 32.2 Å². The summed E-state index contributed by atoms with van der Waals surface area (Å²) in [7, 11) is 3.15. The maximum absolute atomic E-state index is 11.7. The number of carbonyl (C=O) groups excluding carboxylic acids is 2. The molecule has 0 aliphatic heterocycles. The molecule has 0 aliphatic rings. The van der Waals surface area contributed by atoms with E-state index in [1.165, 1.54) is 12.7 Å². The van der Waals surface area contributed by atoms with Crippen LogP contribution in [0.5, 0.6) is 0 Å². The van der Waals surface area contributed by atoms with E-state index < -0.39 is 6.09 Å². The molecule has 1 rings (SSSR count). The first kappa shape index (κ1) is 13.7. The van der Waals surface area contributed by atoms with E-state index in [9.17, 15) is 9.59 Å². The van der Waals surface area contributed by atoms with Crippen LogP contribution in [0.4, 0.5) is 4.79 Å². The molecule has 0 saturated carbocycles. The standard InChI is InChI=1S/C11H16N2O3S/c1-8(10(14)12-11(15)16-3)13(2)6-9-4-5-17-7-9/h4-5,7-8H,6H2,1-3H3,(H,12,14,15)/p+1/t8-/m0/s1. The molecule has 1 aromatic heterocycles. The maximum Gasteiger partial charge on any atom is 0.413 e. The van der Waals surface area contributed by atoms with E-state index in [1.807, 2.05) is 18.5 Å². The van der Waals surface area contributed by atoms with Crippen molar-refractivity contribution in [2.45, 2.75) is 19.5 Å². The molecule has 0 fully saturated rings. The average molecular weight is 257 g/mol. The first-order valence-corrected chi connectivity index (χ1v) is 6.21. The summed E-state index contributed by atoms with van der Waals surface area (Å²) < 4.78 is 4.38. The van der Waals surface area contributed by atoms with Gasteiger partial charge in [-0.1, -0.05) is 0 Å². The van der Waals surface area contributed by atoms with E-state index in [0.717, 1.165) is 11.4 Å². The van der Waals surface area contributed by atoms with Crippen molar-refractivity contribution in [2.75, 3.05) is 14.2 Å². The van der Waals surface area contributed by atoms with Gasteiger partial charge in [-0.25, -0.2) is 4.79 Å². The van der Waals surface area contributed by atoms with Gasteiger partial charge in [-0.15, -0.1) is 0 Å². The van der Waals surface area contributed by atoms with Crippen LogP contribution < -0.4 is 10.2 Å². The lowest BCUT2D eigenvalue weighted by Gasteiger charge is -2.19. The molecule has 17 heavy (non-hydrogen) atoms. The van der Waals surface area contributed by atoms with Gasteiger partial charge in [-0.2, -0.15) is 11.3 Å². The Morgan fingerprint density at radius 2 is 2.29 bits per heavy atom. The van der Waals surface area contributed by atoms with E-state index in [2.05, 4.69) is 15.4 Å². The molecule has 1 aromatic rings. The summed E-state index contributed by atoms with van der Waals surface area (Å²) in [5.41, 5.74) is 1.19. The Labute approximate surface area is 104 Å². The van der Waals surface area contributed by atoms with Crippen LogP contribution >= 0.6 is 11.3 Å². The third-order valence-corrected chi connectivity index (χ3v) is 3.34. The number of nitrogens with one attached hydrogen (secondary N) is 2. The van der Waals surface area contributed by atoms with Crippen LogP contribution in [0.3, 0.4) is 0 Å². The van der Waals surface area contributed by atoms with E-state index in [-0.39, 0.29) is 11.9 Å². The molecule has 94 valence electrons. The van der Waals surface area contributed by atoms with Crippen molar-refractivity contribution in [3.63, 3.8) is 0 Å². The lowest BCUT2D eigenvalue weighted by atomic mass is 10.2. The highest BCUT2D eigenvalue weighted by Crippen LogP contribution is 2.03. The highest BCUT2D eigenvalue weighted by atomic mass is 32.1. The monoisotopic (exact) mass is 257 g/mol. The number of hydrogen-bond acceptors (Lipinski definition) is 4. The Balaban J connectivity index is 2.48. The fourth-order valence-corrected chi connectivity index (χ4v) is 2.02. The maximum atomic E-state index is 11.7. The van der Waals surface area contributed by atoms with E-state index in [4.69, 9.17) is 0 Å². The van der Waals surface area contributed by atoms with Crippen LogP contribution in [0.1, 0.15) is 12.5 Å². The molecular weight excluding hydrogens is 240 g/mol. The first-order valence-electron chi connectivity index (χ1n) is 5.26. The Morgan fingerprint density at radius 3 is 2.82 bits per heavy atom. The van der Waals surface area contributed by atoms with Gasteiger partial charge in [-0.3, -0.25) is 10.1 Å². The minimum Gasteiger partial charge on any atom is -0.453 e. The molecule has 6 heteroatoms. The third kappa shape index (κ3) is 4.16. The number of thiophene rings is 1. The van der Waals surface area contributed by atoms with Crippen LogP contribution in [0.2, 0.25) is 0 Å². The second-order valence-corrected chi connectivity index (χ2v) is 4.64. The van der Waals surface area contributed by atoms with Gasteiger partial charge in [0.1, 0.15) is 6.54 Å². The summed E-state index contributed by atoms with van der Waals surface area (Å²) in [6.07, 6.45) is -0.717. The first-order chi connectivity index (χ1) is 8.04. The molecule has 2 atom stereocenters. The van der Waals surface area contributed by atoms with Crippen LogP contribution in [0.15, 0.2) is 16.8 Å².